The number of hydrogen-bond donors (Lipinski definition) is 2. The van der Waals surface area contributed by atoms with E-state index in [1.807, 2.05) is 24.5 Å². The average Bonchev–Trinajstić information content (AvgIpc) is 2.84. The van der Waals surface area contributed by atoms with E-state index in [1.54, 1.807) is 25.1 Å². The maximum absolute atomic E-state index is 12.4. The van der Waals surface area contributed by atoms with Crippen LogP contribution in [-0.4, -0.2) is 33.9 Å². The molecule has 0 radical (unpaired) electrons. The molecule has 1 aromatic heterocycles. The molecule has 2 aromatic rings. The van der Waals surface area contributed by atoms with Crippen LogP contribution in [0, 0.1) is 6.92 Å². The van der Waals surface area contributed by atoms with Gasteiger partial charge in [-0.1, -0.05) is 17.7 Å². The SMILES string of the molecule is C/C=C(\C)Cn1c(C)c(C(=O)C(N)=O)c2c(OCC(=O)O)cccc21. The molecule has 0 atom stereocenters. The Hall–Kier alpha value is -3.09. The Morgan fingerprint density at radius 1 is 1.32 bits per heavy atom. The number of aromatic nitrogens is 1. The van der Waals surface area contributed by atoms with Gasteiger partial charge >= 0.3 is 5.97 Å². The van der Waals surface area contributed by atoms with Crippen LogP contribution in [0.3, 0.4) is 0 Å². The van der Waals surface area contributed by atoms with Gasteiger partial charge in [-0.25, -0.2) is 4.79 Å². The van der Waals surface area contributed by atoms with Crippen LogP contribution in [-0.2, 0) is 16.1 Å². The molecule has 1 heterocycles. The fourth-order valence-electron chi connectivity index (χ4n) is 2.70. The van der Waals surface area contributed by atoms with Crippen molar-refractivity contribution >= 4 is 28.6 Å². The number of hydrogen-bond acceptors (Lipinski definition) is 4. The average molecular weight is 344 g/mol. The monoisotopic (exact) mass is 344 g/mol. The first kappa shape index (κ1) is 18.3. The second-order valence-electron chi connectivity index (χ2n) is 5.71. The zero-order valence-corrected chi connectivity index (χ0v) is 14.3. The third-order valence-corrected chi connectivity index (χ3v) is 4.01. The number of fused-ring (bicyclic) bond motifs is 1. The highest BCUT2D eigenvalue weighted by Crippen LogP contribution is 2.34. The van der Waals surface area contributed by atoms with Crippen LogP contribution in [0.2, 0.25) is 0 Å². The minimum atomic E-state index is -1.14. The van der Waals surface area contributed by atoms with Crippen molar-refractivity contribution in [1.82, 2.24) is 4.57 Å². The number of rotatable bonds is 7. The standard InChI is InChI=1S/C18H20N2O5/c1-4-10(2)8-20-11(3)15(17(23)18(19)24)16-12(20)6-5-7-13(16)25-9-14(21)22/h4-7H,8-9H2,1-3H3,(H2,19,24)(H,21,22)/b10-4+. The quantitative estimate of drug-likeness (QED) is 0.453. The normalized spacial score (nSPS) is 11.6. The highest BCUT2D eigenvalue weighted by atomic mass is 16.5. The van der Waals surface area contributed by atoms with Crippen LogP contribution >= 0.6 is 0 Å². The Labute approximate surface area is 144 Å². The molecule has 0 aliphatic rings. The Morgan fingerprint density at radius 2 is 2.00 bits per heavy atom. The molecule has 0 aliphatic carbocycles. The molecule has 1 aromatic carbocycles. The molecule has 7 nitrogen and oxygen atoms in total. The molecule has 0 aliphatic heterocycles. The zero-order valence-electron chi connectivity index (χ0n) is 14.3. The number of ketones is 1. The van der Waals surface area contributed by atoms with Gasteiger partial charge in [-0.3, -0.25) is 9.59 Å². The van der Waals surface area contributed by atoms with Crippen molar-refractivity contribution in [3.63, 3.8) is 0 Å². The van der Waals surface area contributed by atoms with Crippen molar-refractivity contribution in [2.75, 3.05) is 6.61 Å². The summed E-state index contributed by atoms with van der Waals surface area (Å²) in [7, 11) is 0. The first-order valence-electron chi connectivity index (χ1n) is 7.70. The van der Waals surface area contributed by atoms with E-state index in [2.05, 4.69) is 0 Å². The number of primary amides is 1. The van der Waals surface area contributed by atoms with Gasteiger partial charge in [0.1, 0.15) is 5.75 Å². The molecule has 3 N–H and O–H groups in total. The number of carbonyl (C=O) groups excluding carboxylic acids is 2. The first-order chi connectivity index (χ1) is 11.8. The molecule has 132 valence electrons. The van der Waals surface area contributed by atoms with Crippen LogP contribution in [0.4, 0.5) is 0 Å². The number of ether oxygens (including phenoxy) is 1. The highest BCUT2D eigenvalue weighted by molar-refractivity contribution is 6.45. The molecule has 2 rings (SSSR count). The van der Waals surface area contributed by atoms with Crippen LogP contribution < -0.4 is 10.5 Å². The molecule has 0 unspecified atom stereocenters. The molecule has 25 heavy (non-hydrogen) atoms. The minimum absolute atomic E-state index is 0.146. The summed E-state index contributed by atoms with van der Waals surface area (Å²) in [5.41, 5.74) is 7.65. The summed E-state index contributed by atoms with van der Waals surface area (Å²) < 4.78 is 7.20. The van der Waals surface area contributed by atoms with Crippen molar-refractivity contribution in [3.05, 3.63) is 41.1 Å². The van der Waals surface area contributed by atoms with Gasteiger partial charge in [0.2, 0.25) is 0 Å². The van der Waals surface area contributed by atoms with Crippen LogP contribution in [0.5, 0.6) is 5.75 Å². The summed E-state index contributed by atoms with van der Waals surface area (Å²) in [4.78, 5) is 34.7. The number of aliphatic carboxylic acids is 1. The van der Waals surface area contributed by atoms with Gasteiger partial charge in [0, 0.05) is 12.2 Å². The number of carboxylic acid groups (broad SMARTS) is 1. The lowest BCUT2D eigenvalue weighted by Crippen LogP contribution is -2.24. The topological polar surface area (TPSA) is 112 Å². The predicted molar refractivity (Wildman–Crippen MR) is 92.8 cm³/mol. The third-order valence-electron chi connectivity index (χ3n) is 4.01. The van der Waals surface area contributed by atoms with E-state index in [9.17, 15) is 14.4 Å². The van der Waals surface area contributed by atoms with E-state index >= 15 is 0 Å². The lowest BCUT2D eigenvalue weighted by atomic mass is 10.1. The molecule has 1 amide bonds. The number of amides is 1. The number of nitrogens with two attached hydrogens (primary N) is 1. The Kier molecular flexibility index (Phi) is 5.26. The smallest absolute Gasteiger partial charge is 0.341 e. The summed E-state index contributed by atoms with van der Waals surface area (Å²) in [5, 5.41) is 9.24. The summed E-state index contributed by atoms with van der Waals surface area (Å²) in [6.45, 7) is 5.55. The summed E-state index contributed by atoms with van der Waals surface area (Å²) in [6.07, 6.45) is 1.95. The van der Waals surface area contributed by atoms with Gasteiger partial charge in [-0.05, 0) is 32.9 Å². The zero-order chi connectivity index (χ0) is 18.7. The largest absolute Gasteiger partial charge is 0.481 e. The Morgan fingerprint density at radius 3 is 2.56 bits per heavy atom. The van der Waals surface area contributed by atoms with Crippen LogP contribution in [0.1, 0.15) is 29.9 Å². The van der Waals surface area contributed by atoms with Crippen molar-refractivity contribution in [2.45, 2.75) is 27.3 Å². The number of benzene rings is 1. The van der Waals surface area contributed by atoms with E-state index < -0.39 is 24.3 Å². The number of nitrogens with zero attached hydrogens (tertiary/aromatic N) is 1. The van der Waals surface area contributed by atoms with Crippen molar-refractivity contribution in [3.8, 4) is 5.75 Å². The predicted octanol–water partition coefficient (Wildman–Crippen LogP) is 2.05. The maximum atomic E-state index is 12.4. The lowest BCUT2D eigenvalue weighted by Gasteiger charge is -2.09. The van der Waals surface area contributed by atoms with E-state index in [0.717, 1.165) is 5.57 Å². The van der Waals surface area contributed by atoms with Gasteiger partial charge in [0.05, 0.1) is 16.5 Å². The van der Waals surface area contributed by atoms with E-state index in [4.69, 9.17) is 15.6 Å². The molecule has 0 bridgehead atoms. The Balaban J connectivity index is 2.77. The minimum Gasteiger partial charge on any atom is -0.481 e. The number of allylic oxidation sites excluding steroid dienone is 2. The maximum Gasteiger partial charge on any atom is 0.341 e. The highest BCUT2D eigenvalue weighted by Gasteiger charge is 2.26. The summed E-state index contributed by atoms with van der Waals surface area (Å²) >= 11 is 0. The molecule has 0 saturated carbocycles. The van der Waals surface area contributed by atoms with Gasteiger partial charge < -0.3 is 20.1 Å². The van der Waals surface area contributed by atoms with Gasteiger partial charge in [0.15, 0.2) is 6.61 Å². The van der Waals surface area contributed by atoms with Gasteiger partial charge in [0.25, 0.3) is 11.7 Å². The molecular formula is C18H20N2O5. The second kappa shape index (κ2) is 7.21. The van der Waals surface area contributed by atoms with Gasteiger partial charge in [-0.15, -0.1) is 0 Å². The van der Waals surface area contributed by atoms with E-state index in [0.29, 0.717) is 23.1 Å². The fourth-order valence-corrected chi connectivity index (χ4v) is 2.70. The van der Waals surface area contributed by atoms with Crippen molar-refractivity contribution < 1.29 is 24.2 Å². The van der Waals surface area contributed by atoms with Gasteiger partial charge in [-0.2, -0.15) is 0 Å². The van der Waals surface area contributed by atoms with E-state index in [1.165, 1.54) is 0 Å². The third kappa shape index (κ3) is 3.55. The van der Waals surface area contributed by atoms with Crippen molar-refractivity contribution in [2.24, 2.45) is 5.73 Å². The second-order valence-corrected chi connectivity index (χ2v) is 5.71. The molecule has 7 heteroatoms. The van der Waals surface area contributed by atoms with Crippen LogP contribution in [0.25, 0.3) is 10.9 Å². The molecule has 0 spiro atoms. The fraction of sp³-hybridized carbons (Fsp3) is 0.278. The van der Waals surface area contributed by atoms with Crippen molar-refractivity contribution in [1.29, 1.82) is 0 Å². The number of carboxylic acids is 1. The molecule has 0 saturated heterocycles. The lowest BCUT2D eigenvalue weighted by molar-refractivity contribution is -0.139. The first-order valence-corrected chi connectivity index (χ1v) is 7.70. The number of Topliss-reactive ketones (excluding diaryl/α,β-unsaturated/α-hetero) is 1. The summed E-state index contributed by atoms with van der Waals surface area (Å²) in [6, 6.07) is 5.06. The van der Waals surface area contributed by atoms with E-state index in [-0.39, 0.29) is 11.3 Å². The summed E-state index contributed by atoms with van der Waals surface area (Å²) in [5.74, 6) is -2.81. The Bertz CT molecular complexity index is 892. The van der Waals surface area contributed by atoms with Crippen LogP contribution in [0.15, 0.2) is 29.8 Å². The number of carbonyl (C=O) groups is 3. The molecular weight excluding hydrogens is 324 g/mol. The molecule has 0 fully saturated rings.